The van der Waals surface area contributed by atoms with E-state index in [1.807, 2.05) is 0 Å². The third-order valence-electron chi connectivity index (χ3n) is 1.78. The molecule has 0 amide bonds. The first kappa shape index (κ1) is 14.6. The van der Waals surface area contributed by atoms with E-state index in [0.29, 0.717) is 12.1 Å². The van der Waals surface area contributed by atoms with Gasteiger partial charge in [0.15, 0.2) is 0 Å². The molecule has 0 bridgehead atoms. The highest BCUT2D eigenvalue weighted by molar-refractivity contribution is 6.31. The molecule has 1 rings (SSSR count). The van der Waals surface area contributed by atoms with Gasteiger partial charge < -0.3 is 17.7 Å². The van der Waals surface area contributed by atoms with Gasteiger partial charge in [-0.3, -0.25) is 0 Å². The van der Waals surface area contributed by atoms with Crippen LogP contribution >= 0.6 is 11.6 Å². The molecule has 1 aromatic rings. The predicted octanol–water partition coefficient (Wildman–Crippen LogP) is -0.944. The predicted molar refractivity (Wildman–Crippen MR) is 48.0 cm³/mol. The maximum atomic E-state index is 12.4. The van der Waals surface area contributed by atoms with Gasteiger partial charge in [0.05, 0.1) is 17.6 Å². The molecule has 0 aliphatic carbocycles. The van der Waals surface area contributed by atoms with E-state index < -0.39 is 11.7 Å². The van der Waals surface area contributed by atoms with Gasteiger partial charge in [-0.05, 0) is 12.1 Å². The Morgan fingerprint density at radius 1 is 1.33 bits per heavy atom. The summed E-state index contributed by atoms with van der Waals surface area (Å²) in [6.45, 7) is 0.514. The summed E-state index contributed by atoms with van der Waals surface area (Å²) in [6.07, 6.45) is -4.37. The molecule has 0 heterocycles. The Bertz CT molecular complexity index is 326. The molecule has 0 spiro atoms. The van der Waals surface area contributed by atoms with Gasteiger partial charge in [0.1, 0.15) is 6.54 Å². The number of quaternary nitrogens is 1. The van der Waals surface area contributed by atoms with Crippen molar-refractivity contribution in [3.8, 4) is 0 Å². The molecule has 1 aromatic carbocycles. The van der Waals surface area contributed by atoms with Crippen LogP contribution in [0.2, 0.25) is 5.02 Å². The highest BCUT2D eigenvalue weighted by Crippen LogP contribution is 2.34. The van der Waals surface area contributed by atoms with Crippen molar-refractivity contribution >= 4 is 11.6 Å². The molecular formula is C9H10Cl2F3N. The lowest BCUT2D eigenvalue weighted by Gasteiger charge is -2.09. The molecule has 2 N–H and O–H groups in total. The van der Waals surface area contributed by atoms with E-state index in [9.17, 15) is 13.2 Å². The van der Waals surface area contributed by atoms with Crippen molar-refractivity contribution in [3.63, 3.8) is 0 Å². The Morgan fingerprint density at radius 2 is 1.93 bits per heavy atom. The molecule has 0 radical (unpaired) electrons. The summed E-state index contributed by atoms with van der Waals surface area (Å²) in [5, 5.41) is 1.54. The summed E-state index contributed by atoms with van der Waals surface area (Å²) in [5.74, 6) is 0. The monoisotopic (exact) mass is 259 g/mol. The van der Waals surface area contributed by atoms with Gasteiger partial charge in [0.25, 0.3) is 0 Å². The number of nitrogens with two attached hydrogens (primary N) is 1. The zero-order valence-corrected chi connectivity index (χ0v) is 9.42. The zero-order chi connectivity index (χ0) is 10.8. The number of rotatable bonds is 2. The minimum atomic E-state index is -4.37. The van der Waals surface area contributed by atoms with E-state index in [1.165, 1.54) is 6.07 Å². The Hall–Kier alpha value is -0.450. The Labute approximate surface area is 97.0 Å². The third-order valence-corrected chi connectivity index (χ3v) is 2.11. The quantitative estimate of drug-likeness (QED) is 0.706. The van der Waals surface area contributed by atoms with Crippen LogP contribution in [0.1, 0.15) is 11.1 Å². The Balaban J connectivity index is 0.00000196. The first-order chi connectivity index (χ1) is 6.45. The molecule has 0 aliphatic rings. The summed E-state index contributed by atoms with van der Waals surface area (Å²) < 4.78 is 37.1. The van der Waals surface area contributed by atoms with Gasteiger partial charge in [-0.2, -0.15) is 13.2 Å². The lowest BCUT2D eigenvalue weighted by Crippen LogP contribution is -3.00. The second-order valence-corrected chi connectivity index (χ2v) is 3.33. The van der Waals surface area contributed by atoms with Gasteiger partial charge in [0, 0.05) is 5.56 Å². The Morgan fingerprint density at radius 3 is 2.40 bits per heavy atom. The van der Waals surface area contributed by atoms with Crippen LogP contribution in [0.3, 0.4) is 0 Å². The molecule has 0 saturated carbocycles. The maximum absolute atomic E-state index is 12.4. The minimum Gasteiger partial charge on any atom is -1.00 e. The summed E-state index contributed by atoms with van der Waals surface area (Å²) in [5.41, 5.74) is -0.150. The summed E-state index contributed by atoms with van der Waals surface area (Å²) in [7, 11) is 1.79. The lowest BCUT2D eigenvalue weighted by molar-refractivity contribution is -0.643. The Kier molecular flexibility index (Phi) is 5.42. The second-order valence-electron chi connectivity index (χ2n) is 2.92. The average Bonchev–Trinajstić information content (AvgIpc) is 2.07. The van der Waals surface area contributed by atoms with Crippen molar-refractivity contribution in [2.24, 2.45) is 0 Å². The van der Waals surface area contributed by atoms with E-state index in [2.05, 4.69) is 0 Å². The van der Waals surface area contributed by atoms with Gasteiger partial charge in [-0.15, -0.1) is 0 Å². The van der Waals surface area contributed by atoms with Crippen molar-refractivity contribution in [2.45, 2.75) is 12.7 Å². The van der Waals surface area contributed by atoms with Crippen molar-refractivity contribution in [2.75, 3.05) is 7.05 Å². The molecule has 86 valence electrons. The highest BCUT2D eigenvalue weighted by Gasteiger charge is 2.33. The van der Waals surface area contributed by atoms with Crippen molar-refractivity contribution < 1.29 is 30.9 Å². The van der Waals surface area contributed by atoms with Crippen molar-refractivity contribution in [1.29, 1.82) is 0 Å². The SMILES string of the molecule is C[NH2+]Cc1ccc(Cl)c(C(F)(F)F)c1.[Cl-]. The third kappa shape index (κ3) is 3.89. The van der Waals surface area contributed by atoms with Crippen LogP contribution in [0.4, 0.5) is 13.2 Å². The van der Waals surface area contributed by atoms with Crippen LogP contribution < -0.4 is 17.7 Å². The lowest BCUT2D eigenvalue weighted by atomic mass is 10.1. The van der Waals surface area contributed by atoms with E-state index in [4.69, 9.17) is 11.6 Å². The van der Waals surface area contributed by atoms with Gasteiger partial charge in [-0.1, -0.05) is 17.7 Å². The van der Waals surface area contributed by atoms with Gasteiger partial charge in [0.2, 0.25) is 0 Å². The second kappa shape index (κ2) is 5.58. The van der Waals surface area contributed by atoms with Crippen LogP contribution in [0.5, 0.6) is 0 Å². The number of hydrogen-bond acceptors (Lipinski definition) is 0. The summed E-state index contributed by atoms with van der Waals surface area (Å²) in [4.78, 5) is 0. The molecule has 0 aliphatic heterocycles. The van der Waals surface area contributed by atoms with Gasteiger partial charge >= 0.3 is 6.18 Å². The molecule has 1 nitrogen and oxygen atoms in total. The standard InChI is InChI=1S/C9H9ClF3N.ClH/c1-14-5-6-2-3-8(10)7(4-6)9(11,12)13;/h2-4,14H,5H2,1H3;1H. The van der Waals surface area contributed by atoms with Crippen molar-refractivity contribution in [3.05, 3.63) is 34.3 Å². The number of hydrogen-bond donors (Lipinski definition) is 1. The fraction of sp³-hybridized carbons (Fsp3) is 0.333. The molecule has 0 aromatic heterocycles. The fourth-order valence-corrected chi connectivity index (χ4v) is 1.38. The largest absolute Gasteiger partial charge is 1.00 e. The van der Waals surface area contributed by atoms with Crippen LogP contribution in [0, 0.1) is 0 Å². The maximum Gasteiger partial charge on any atom is 0.417 e. The van der Waals surface area contributed by atoms with Gasteiger partial charge in [-0.25, -0.2) is 0 Å². The number of alkyl halides is 3. The van der Waals surface area contributed by atoms with E-state index in [-0.39, 0.29) is 17.4 Å². The minimum absolute atomic E-state index is 0. The highest BCUT2D eigenvalue weighted by atomic mass is 35.5. The molecule has 0 saturated heterocycles. The molecule has 0 unspecified atom stereocenters. The van der Waals surface area contributed by atoms with Crippen LogP contribution in [0.25, 0.3) is 0 Å². The molecular weight excluding hydrogens is 250 g/mol. The number of benzene rings is 1. The molecule has 6 heteroatoms. The number of halogens is 5. The van der Waals surface area contributed by atoms with Crippen LogP contribution in [-0.2, 0) is 12.7 Å². The van der Waals surface area contributed by atoms with Crippen molar-refractivity contribution in [1.82, 2.24) is 0 Å². The van der Waals surface area contributed by atoms with E-state index in [1.54, 1.807) is 18.4 Å². The smallest absolute Gasteiger partial charge is 0.417 e. The first-order valence-corrected chi connectivity index (χ1v) is 4.46. The normalized spacial score (nSPS) is 11.0. The summed E-state index contributed by atoms with van der Waals surface area (Å²) in [6, 6.07) is 3.96. The summed E-state index contributed by atoms with van der Waals surface area (Å²) >= 11 is 5.45. The topological polar surface area (TPSA) is 16.6 Å². The van der Waals surface area contributed by atoms with Crippen LogP contribution in [-0.4, -0.2) is 7.05 Å². The molecule has 0 atom stereocenters. The fourth-order valence-electron chi connectivity index (χ4n) is 1.15. The van der Waals surface area contributed by atoms with E-state index in [0.717, 1.165) is 6.07 Å². The molecule has 0 fully saturated rings. The van der Waals surface area contributed by atoms with E-state index >= 15 is 0 Å². The average molecular weight is 260 g/mol. The molecule has 15 heavy (non-hydrogen) atoms. The first-order valence-electron chi connectivity index (χ1n) is 4.08. The zero-order valence-electron chi connectivity index (χ0n) is 7.91. The van der Waals surface area contributed by atoms with Crippen LogP contribution in [0.15, 0.2) is 18.2 Å².